The minimum absolute atomic E-state index is 0.0971. The Hall–Kier alpha value is -2.27. The summed E-state index contributed by atoms with van der Waals surface area (Å²) in [5.74, 6) is -0.376. The number of carbonyl (C=O) groups is 1. The predicted octanol–water partition coefficient (Wildman–Crippen LogP) is 2.04. The van der Waals surface area contributed by atoms with Crippen LogP contribution in [-0.4, -0.2) is 104 Å². The van der Waals surface area contributed by atoms with Gasteiger partial charge in [0.05, 0.1) is 35.6 Å². The van der Waals surface area contributed by atoms with Gasteiger partial charge < -0.3 is 14.5 Å². The molecule has 2 unspecified atom stereocenters. The van der Waals surface area contributed by atoms with Crippen molar-refractivity contribution in [2.75, 3.05) is 59.5 Å². The fourth-order valence-electron chi connectivity index (χ4n) is 6.40. The van der Waals surface area contributed by atoms with Crippen molar-refractivity contribution in [1.82, 2.24) is 24.5 Å². The van der Waals surface area contributed by atoms with E-state index >= 15 is 0 Å². The largest absolute Gasteiger partial charge is 0.378 e. The van der Waals surface area contributed by atoms with Gasteiger partial charge >= 0.3 is 0 Å². The number of carbonyl (C=O) groups excluding carboxylic acids is 1. The van der Waals surface area contributed by atoms with Crippen molar-refractivity contribution in [1.29, 1.82) is 0 Å². The van der Waals surface area contributed by atoms with E-state index in [0.29, 0.717) is 54.1 Å². The third-order valence-corrected chi connectivity index (χ3v) is 9.91. The standard InChI is InChI=1S/C26H35N5O4S/c1-28-10-4-6-19(16-28)30-11-5-7-20(17-30)31-25-21-8-2-3-9-23(21)36(33,34)18-22(25)24(27-31)26(32)29-12-14-35-15-13-29/h2-3,8-9,19-20H,4-7,10-18H2,1H3. The molecule has 0 N–H and O–H groups in total. The van der Waals surface area contributed by atoms with Gasteiger partial charge in [0, 0.05) is 43.3 Å². The molecule has 1 amide bonds. The molecule has 0 bridgehead atoms. The second kappa shape index (κ2) is 9.55. The van der Waals surface area contributed by atoms with Crippen molar-refractivity contribution in [3.63, 3.8) is 0 Å². The molecule has 4 aliphatic heterocycles. The summed E-state index contributed by atoms with van der Waals surface area (Å²) in [6, 6.07) is 7.81. The molecule has 4 aliphatic rings. The number of ether oxygens (including phenoxy) is 1. The van der Waals surface area contributed by atoms with Crippen molar-refractivity contribution in [2.24, 2.45) is 0 Å². The Labute approximate surface area is 212 Å². The van der Waals surface area contributed by atoms with Crippen LogP contribution in [0.4, 0.5) is 0 Å². The van der Waals surface area contributed by atoms with Crippen molar-refractivity contribution >= 4 is 15.7 Å². The molecule has 2 aromatic rings. The maximum Gasteiger partial charge on any atom is 0.274 e. The van der Waals surface area contributed by atoms with Crippen LogP contribution in [0, 0.1) is 0 Å². The second-order valence-corrected chi connectivity index (χ2v) is 12.6. The molecule has 0 spiro atoms. The first-order chi connectivity index (χ1) is 17.4. The van der Waals surface area contributed by atoms with Gasteiger partial charge in [-0.25, -0.2) is 8.42 Å². The van der Waals surface area contributed by atoms with E-state index in [1.165, 1.54) is 12.8 Å². The number of hydrogen-bond donors (Lipinski definition) is 0. The molecule has 0 saturated carbocycles. The van der Waals surface area contributed by atoms with Gasteiger partial charge in [-0.1, -0.05) is 18.2 Å². The molecule has 3 fully saturated rings. The van der Waals surface area contributed by atoms with Crippen LogP contribution >= 0.6 is 0 Å². The number of nitrogens with zero attached hydrogens (tertiary/aromatic N) is 5. The summed E-state index contributed by atoms with van der Waals surface area (Å²) in [5.41, 5.74) is 2.32. The quantitative estimate of drug-likeness (QED) is 0.621. The lowest BCUT2D eigenvalue weighted by molar-refractivity contribution is 0.0297. The van der Waals surface area contributed by atoms with Crippen LogP contribution in [0.2, 0.25) is 0 Å². The number of fused-ring (bicyclic) bond motifs is 3. The maximum absolute atomic E-state index is 13.6. The lowest BCUT2D eigenvalue weighted by Crippen LogP contribution is -2.50. The first kappa shape index (κ1) is 24.1. The number of morpholine rings is 1. The lowest BCUT2D eigenvalue weighted by atomic mass is 9.98. The first-order valence-electron chi connectivity index (χ1n) is 13.2. The predicted molar refractivity (Wildman–Crippen MR) is 136 cm³/mol. The van der Waals surface area contributed by atoms with Gasteiger partial charge in [-0.2, -0.15) is 5.10 Å². The van der Waals surface area contributed by atoms with Crippen LogP contribution in [0.5, 0.6) is 0 Å². The maximum atomic E-state index is 13.6. The number of benzene rings is 1. The van der Waals surface area contributed by atoms with Gasteiger partial charge in [-0.3, -0.25) is 14.4 Å². The van der Waals surface area contributed by atoms with Gasteiger partial charge in [0.2, 0.25) is 0 Å². The molecule has 6 rings (SSSR count). The smallest absolute Gasteiger partial charge is 0.274 e. The van der Waals surface area contributed by atoms with Crippen LogP contribution in [0.25, 0.3) is 11.3 Å². The van der Waals surface area contributed by atoms with Gasteiger partial charge in [0.25, 0.3) is 5.91 Å². The van der Waals surface area contributed by atoms with Crippen molar-refractivity contribution < 1.29 is 17.9 Å². The van der Waals surface area contributed by atoms with E-state index in [1.807, 2.05) is 16.8 Å². The molecule has 194 valence electrons. The zero-order chi connectivity index (χ0) is 24.9. The fraction of sp³-hybridized carbons (Fsp3) is 0.615. The van der Waals surface area contributed by atoms with E-state index in [-0.39, 0.29) is 17.7 Å². The number of sulfone groups is 1. The average Bonchev–Trinajstić information content (AvgIpc) is 3.27. The zero-order valence-corrected chi connectivity index (χ0v) is 21.8. The van der Waals surface area contributed by atoms with E-state index in [9.17, 15) is 13.2 Å². The number of piperidine rings is 2. The monoisotopic (exact) mass is 513 g/mol. The van der Waals surface area contributed by atoms with Crippen molar-refractivity contribution in [2.45, 2.75) is 48.4 Å². The number of likely N-dealkylation sites (tertiary alicyclic amines) is 2. The highest BCUT2D eigenvalue weighted by atomic mass is 32.2. The Kier molecular flexibility index (Phi) is 6.39. The molecule has 3 saturated heterocycles. The van der Waals surface area contributed by atoms with E-state index in [2.05, 4.69) is 16.8 Å². The van der Waals surface area contributed by atoms with E-state index in [1.54, 1.807) is 17.0 Å². The van der Waals surface area contributed by atoms with Gasteiger partial charge in [0.1, 0.15) is 0 Å². The van der Waals surface area contributed by atoms with Crippen LogP contribution in [-0.2, 0) is 20.3 Å². The third kappa shape index (κ3) is 4.27. The minimum atomic E-state index is -3.56. The molecule has 0 radical (unpaired) electrons. The Balaban J connectivity index is 1.41. The number of hydrogen-bond acceptors (Lipinski definition) is 7. The molecular weight excluding hydrogens is 478 g/mol. The fourth-order valence-corrected chi connectivity index (χ4v) is 7.99. The van der Waals surface area contributed by atoms with E-state index in [0.717, 1.165) is 44.7 Å². The number of amides is 1. The van der Waals surface area contributed by atoms with Crippen LogP contribution < -0.4 is 0 Å². The highest BCUT2D eigenvalue weighted by Gasteiger charge is 2.39. The molecule has 36 heavy (non-hydrogen) atoms. The minimum Gasteiger partial charge on any atom is -0.378 e. The number of likely N-dealkylation sites (N-methyl/N-ethyl adjacent to an activating group) is 1. The SMILES string of the molecule is CN1CCCC(N2CCCC(n3nc(C(=O)N4CCOCC4)c4c3-c3ccccc3S(=O)(=O)C4)C2)C1. The molecule has 5 heterocycles. The summed E-state index contributed by atoms with van der Waals surface area (Å²) in [5, 5.41) is 4.93. The highest BCUT2D eigenvalue weighted by Crippen LogP contribution is 2.42. The molecule has 9 nitrogen and oxygen atoms in total. The van der Waals surface area contributed by atoms with Gasteiger partial charge in [-0.05, 0) is 51.9 Å². The molecule has 0 aliphatic carbocycles. The van der Waals surface area contributed by atoms with Gasteiger partial charge in [-0.15, -0.1) is 0 Å². The summed E-state index contributed by atoms with van der Waals surface area (Å²) in [6.45, 7) is 6.14. The summed E-state index contributed by atoms with van der Waals surface area (Å²) in [7, 11) is -1.37. The number of aromatic nitrogens is 2. The molecule has 1 aromatic heterocycles. The zero-order valence-electron chi connectivity index (χ0n) is 20.9. The second-order valence-electron chi connectivity index (χ2n) is 10.6. The average molecular weight is 514 g/mol. The molecule has 10 heteroatoms. The van der Waals surface area contributed by atoms with Crippen LogP contribution in [0.3, 0.4) is 0 Å². The third-order valence-electron chi connectivity index (χ3n) is 8.21. The topological polar surface area (TPSA) is 88.0 Å². The highest BCUT2D eigenvalue weighted by molar-refractivity contribution is 7.90. The Morgan fingerprint density at radius 2 is 1.75 bits per heavy atom. The number of rotatable bonds is 3. The van der Waals surface area contributed by atoms with Crippen molar-refractivity contribution in [3.8, 4) is 11.3 Å². The van der Waals surface area contributed by atoms with Crippen molar-refractivity contribution in [3.05, 3.63) is 35.5 Å². The normalized spacial score (nSPS) is 26.9. The van der Waals surface area contributed by atoms with Gasteiger partial charge in [0.15, 0.2) is 15.5 Å². The summed E-state index contributed by atoms with van der Waals surface area (Å²) in [6.07, 6.45) is 4.44. The van der Waals surface area contributed by atoms with E-state index in [4.69, 9.17) is 9.84 Å². The first-order valence-corrected chi connectivity index (χ1v) is 14.8. The lowest BCUT2D eigenvalue weighted by Gasteiger charge is -2.42. The van der Waals surface area contributed by atoms with Crippen LogP contribution in [0.15, 0.2) is 29.2 Å². The molecule has 2 atom stereocenters. The van der Waals surface area contributed by atoms with E-state index < -0.39 is 9.84 Å². The summed E-state index contributed by atoms with van der Waals surface area (Å²) in [4.78, 5) is 20.7. The summed E-state index contributed by atoms with van der Waals surface area (Å²) < 4.78 is 34.0. The summed E-state index contributed by atoms with van der Waals surface area (Å²) >= 11 is 0. The van der Waals surface area contributed by atoms with Crippen LogP contribution in [0.1, 0.15) is 47.8 Å². The molecule has 1 aromatic carbocycles. The Morgan fingerprint density at radius 3 is 2.56 bits per heavy atom. The Bertz CT molecular complexity index is 1250. The Morgan fingerprint density at radius 1 is 1.00 bits per heavy atom. The molecular formula is C26H35N5O4S.